The van der Waals surface area contributed by atoms with E-state index in [1.54, 1.807) is 19.1 Å². The van der Waals surface area contributed by atoms with E-state index >= 15 is 0 Å². The highest BCUT2D eigenvalue weighted by molar-refractivity contribution is 5.90. The van der Waals surface area contributed by atoms with E-state index in [1.807, 2.05) is 45.0 Å². The fraction of sp³-hybridized carbons (Fsp3) is 0.457. The molecule has 8 nitrogen and oxygen atoms in total. The summed E-state index contributed by atoms with van der Waals surface area (Å²) in [6.45, 7) is 13.5. The minimum atomic E-state index is -1.28. The molecule has 4 rings (SSSR count). The molecule has 3 aromatic rings. The summed E-state index contributed by atoms with van der Waals surface area (Å²) in [6, 6.07) is 13.8. The number of pyridine rings is 1. The number of rotatable bonds is 11. The van der Waals surface area contributed by atoms with Crippen molar-refractivity contribution in [2.75, 3.05) is 24.6 Å². The summed E-state index contributed by atoms with van der Waals surface area (Å²) in [5.41, 5.74) is 9.69. The number of aryl methyl sites for hydroxylation is 1. The van der Waals surface area contributed by atoms with E-state index in [0.29, 0.717) is 60.1 Å². The van der Waals surface area contributed by atoms with Crippen molar-refractivity contribution in [3.8, 4) is 16.9 Å². The number of nitrogens with zero attached hydrogens (tertiary/aromatic N) is 2. The summed E-state index contributed by atoms with van der Waals surface area (Å²) < 4.78 is 25.4. The first kappa shape index (κ1) is 32.9. The van der Waals surface area contributed by atoms with Gasteiger partial charge in [-0.25, -0.2) is 9.18 Å². The first-order chi connectivity index (χ1) is 20.6. The average molecular weight is 606 g/mol. The number of halogens is 1. The Bertz CT molecular complexity index is 1470. The van der Waals surface area contributed by atoms with Crippen molar-refractivity contribution in [1.82, 2.24) is 4.98 Å². The Morgan fingerprint density at radius 2 is 1.68 bits per heavy atom. The van der Waals surface area contributed by atoms with Crippen LogP contribution in [0.2, 0.25) is 0 Å². The number of carbonyl (C=O) groups excluding carboxylic acids is 1. The van der Waals surface area contributed by atoms with Gasteiger partial charge in [0.05, 0.1) is 30.0 Å². The van der Waals surface area contributed by atoms with Gasteiger partial charge in [0, 0.05) is 36.3 Å². The van der Waals surface area contributed by atoms with Crippen LogP contribution in [0.15, 0.2) is 48.5 Å². The molecule has 1 aliphatic heterocycles. The molecule has 1 aliphatic rings. The molecule has 3 N–H and O–H groups in total. The second kappa shape index (κ2) is 13.3. The molecule has 236 valence electrons. The van der Waals surface area contributed by atoms with Gasteiger partial charge < -0.3 is 25.2 Å². The lowest BCUT2D eigenvalue weighted by Gasteiger charge is -2.41. The Balaban J connectivity index is 1.80. The number of anilines is 1. The molecule has 44 heavy (non-hydrogen) atoms. The number of benzene rings is 2. The van der Waals surface area contributed by atoms with E-state index < -0.39 is 23.6 Å². The zero-order valence-corrected chi connectivity index (χ0v) is 26.6. The molecule has 2 aromatic carbocycles. The monoisotopic (exact) mass is 605 g/mol. The molecule has 0 spiro atoms. The largest absolute Gasteiger partial charge is 0.493 e. The van der Waals surface area contributed by atoms with Crippen molar-refractivity contribution in [2.45, 2.75) is 78.9 Å². The molecule has 1 amide bonds. The van der Waals surface area contributed by atoms with Gasteiger partial charge in [0.1, 0.15) is 11.6 Å². The quantitative estimate of drug-likeness (QED) is 0.259. The smallest absolute Gasteiger partial charge is 0.337 e. The van der Waals surface area contributed by atoms with Gasteiger partial charge in [-0.15, -0.1) is 0 Å². The number of hydrogen-bond donors (Lipinski definition) is 2. The van der Waals surface area contributed by atoms with Gasteiger partial charge in [-0.05, 0) is 81.3 Å². The van der Waals surface area contributed by atoms with Crippen LogP contribution >= 0.6 is 0 Å². The third-order valence-electron chi connectivity index (χ3n) is 7.92. The Hall–Kier alpha value is -3.98. The van der Waals surface area contributed by atoms with Crippen LogP contribution in [-0.2, 0) is 27.2 Å². The topological polar surface area (TPSA) is 115 Å². The molecule has 0 saturated carbocycles. The van der Waals surface area contributed by atoms with Crippen LogP contribution in [0.25, 0.3) is 11.1 Å². The van der Waals surface area contributed by atoms with E-state index in [2.05, 4.69) is 18.7 Å². The zero-order chi connectivity index (χ0) is 32.2. The third-order valence-corrected chi connectivity index (χ3v) is 7.92. The van der Waals surface area contributed by atoms with Gasteiger partial charge in [0.15, 0.2) is 6.10 Å². The van der Waals surface area contributed by atoms with Crippen LogP contribution in [-0.4, -0.2) is 47.3 Å². The van der Waals surface area contributed by atoms with Crippen molar-refractivity contribution in [3.63, 3.8) is 0 Å². The number of amides is 1. The first-order valence-corrected chi connectivity index (χ1v) is 15.1. The minimum Gasteiger partial charge on any atom is -0.493 e. The maximum absolute atomic E-state index is 13.2. The maximum Gasteiger partial charge on any atom is 0.337 e. The lowest BCUT2D eigenvalue weighted by molar-refractivity contribution is -0.160. The molecule has 0 unspecified atom stereocenters. The lowest BCUT2D eigenvalue weighted by Crippen LogP contribution is -2.39. The molecule has 1 saturated heterocycles. The van der Waals surface area contributed by atoms with E-state index in [4.69, 9.17) is 20.2 Å². The number of aromatic nitrogens is 1. The van der Waals surface area contributed by atoms with E-state index in [-0.39, 0.29) is 17.7 Å². The molecule has 9 heteroatoms. The Morgan fingerprint density at radius 1 is 1.07 bits per heavy atom. The van der Waals surface area contributed by atoms with Gasteiger partial charge in [-0.2, -0.15) is 0 Å². The number of ether oxygens (including phenoxy) is 2. The standard InChI is InChI=1S/C35H44FN3O5/c1-22-29(32(33(41)42)44-34(2,3)4)31(39-18-16-35(5,6)17-19-39)30(27(38-22)21-28(37)40)24-9-13-26(14-10-24)43-20-15-23-7-11-25(36)12-8-23/h7-14,32H,15-21H2,1-6H3,(H2,37,40)(H,41,42)/t32-/m0/s1. The molecule has 1 atom stereocenters. The number of hydrogen-bond acceptors (Lipinski definition) is 6. The maximum atomic E-state index is 13.2. The summed E-state index contributed by atoms with van der Waals surface area (Å²) in [4.78, 5) is 32.0. The fourth-order valence-electron chi connectivity index (χ4n) is 5.58. The lowest BCUT2D eigenvalue weighted by atomic mass is 9.81. The van der Waals surface area contributed by atoms with Gasteiger partial charge >= 0.3 is 5.97 Å². The highest BCUT2D eigenvalue weighted by Crippen LogP contribution is 2.45. The number of aliphatic carboxylic acids is 1. The van der Waals surface area contributed by atoms with Crippen molar-refractivity contribution in [1.29, 1.82) is 0 Å². The van der Waals surface area contributed by atoms with E-state index in [1.165, 1.54) is 12.1 Å². The van der Waals surface area contributed by atoms with Crippen LogP contribution in [0, 0.1) is 18.2 Å². The van der Waals surface area contributed by atoms with Gasteiger partial charge in [0.2, 0.25) is 5.91 Å². The van der Waals surface area contributed by atoms with Gasteiger partial charge in [-0.3, -0.25) is 9.78 Å². The average Bonchev–Trinajstić information content (AvgIpc) is 2.92. The fourth-order valence-corrected chi connectivity index (χ4v) is 5.58. The van der Waals surface area contributed by atoms with Crippen LogP contribution in [0.5, 0.6) is 5.75 Å². The van der Waals surface area contributed by atoms with E-state index in [0.717, 1.165) is 24.0 Å². The van der Waals surface area contributed by atoms with Crippen molar-refractivity contribution < 1.29 is 28.6 Å². The van der Waals surface area contributed by atoms with Crippen molar-refractivity contribution in [2.24, 2.45) is 11.1 Å². The highest BCUT2D eigenvalue weighted by atomic mass is 19.1. The highest BCUT2D eigenvalue weighted by Gasteiger charge is 2.37. The second-order valence-corrected chi connectivity index (χ2v) is 13.3. The first-order valence-electron chi connectivity index (χ1n) is 15.1. The van der Waals surface area contributed by atoms with E-state index in [9.17, 15) is 19.1 Å². The molecular formula is C35H44FN3O5. The van der Waals surface area contributed by atoms with Crippen LogP contribution in [0.1, 0.15) is 76.1 Å². The van der Waals surface area contributed by atoms with Crippen molar-refractivity contribution in [3.05, 3.63) is 76.9 Å². The molecule has 0 bridgehead atoms. The molecule has 0 radical (unpaired) electrons. The van der Waals surface area contributed by atoms with Crippen LogP contribution < -0.4 is 15.4 Å². The minimum absolute atomic E-state index is 0.101. The number of primary amides is 1. The summed E-state index contributed by atoms with van der Waals surface area (Å²) in [5, 5.41) is 10.4. The number of nitrogens with two attached hydrogens (primary N) is 1. The number of carboxylic acids is 1. The second-order valence-electron chi connectivity index (χ2n) is 13.3. The summed E-state index contributed by atoms with van der Waals surface area (Å²) in [5.74, 6) is -1.27. The molecule has 0 aliphatic carbocycles. The number of carbonyl (C=O) groups is 2. The summed E-state index contributed by atoms with van der Waals surface area (Å²) in [7, 11) is 0. The summed E-state index contributed by atoms with van der Waals surface area (Å²) in [6.07, 6.45) is 1.07. The summed E-state index contributed by atoms with van der Waals surface area (Å²) >= 11 is 0. The Kier molecular flexibility index (Phi) is 9.98. The van der Waals surface area contributed by atoms with Crippen LogP contribution in [0.3, 0.4) is 0 Å². The van der Waals surface area contributed by atoms with Gasteiger partial charge in [0.25, 0.3) is 0 Å². The van der Waals surface area contributed by atoms with Gasteiger partial charge in [-0.1, -0.05) is 38.1 Å². The molecule has 2 heterocycles. The number of piperidine rings is 1. The Labute approximate surface area is 259 Å². The normalized spacial score (nSPS) is 15.6. The SMILES string of the molecule is Cc1nc(CC(N)=O)c(-c2ccc(OCCc3ccc(F)cc3)cc2)c(N2CCC(C)(C)CC2)c1[C@H](OC(C)(C)C)C(=O)O. The third kappa shape index (κ3) is 8.34. The van der Waals surface area contributed by atoms with Crippen LogP contribution in [0.4, 0.5) is 10.1 Å². The number of carboxylic acid groups (broad SMARTS) is 1. The Morgan fingerprint density at radius 3 is 2.23 bits per heavy atom. The molecule has 1 fully saturated rings. The zero-order valence-electron chi connectivity index (χ0n) is 26.6. The van der Waals surface area contributed by atoms with Crippen molar-refractivity contribution >= 4 is 17.6 Å². The molecule has 1 aromatic heterocycles. The predicted octanol–water partition coefficient (Wildman–Crippen LogP) is 6.41. The molecular weight excluding hydrogens is 561 g/mol. The predicted molar refractivity (Wildman–Crippen MR) is 169 cm³/mol.